The van der Waals surface area contributed by atoms with E-state index in [4.69, 9.17) is 4.74 Å². The van der Waals surface area contributed by atoms with E-state index in [9.17, 15) is 0 Å². The summed E-state index contributed by atoms with van der Waals surface area (Å²) in [6.45, 7) is 1.38. The predicted octanol–water partition coefficient (Wildman–Crippen LogP) is 5.79. The van der Waals surface area contributed by atoms with Crippen LogP contribution in [0.1, 0.15) is 10.4 Å². The van der Waals surface area contributed by atoms with E-state index < -0.39 is 0 Å². The number of benzene rings is 1. The smallest absolute Gasteiger partial charge is 0.0843 e. The van der Waals surface area contributed by atoms with Gasteiger partial charge in [0.2, 0.25) is 0 Å². The summed E-state index contributed by atoms with van der Waals surface area (Å²) in [5.41, 5.74) is 2.23. The lowest BCUT2D eigenvalue weighted by Gasteiger charge is -2.12. The zero-order valence-electron chi connectivity index (χ0n) is 10.2. The van der Waals surface area contributed by atoms with Crippen molar-refractivity contribution in [3.8, 4) is 0 Å². The summed E-state index contributed by atoms with van der Waals surface area (Å²) in [7, 11) is 1.71. The first-order chi connectivity index (χ1) is 9.11. The monoisotopic (exact) mass is 467 g/mol. The number of anilines is 1. The van der Waals surface area contributed by atoms with Gasteiger partial charge in [-0.05, 0) is 50.1 Å². The van der Waals surface area contributed by atoms with Crippen LogP contribution in [-0.2, 0) is 17.9 Å². The largest absolute Gasteiger partial charge is 0.380 e. The van der Waals surface area contributed by atoms with Gasteiger partial charge < -0.3 is 10.1 Å². The van der Waals surface area contributed by atoms with Crippen LogP contribution in [0.15, 0.2) is 37.0 Å². The zero-order valence-corrected chi connectivity index (χ0v) is 15.7. The van der Waals surface area contributed by atoms with Crippen molar-refractivity contribution in [2.75, 3.05) is 12.4 Å². The molecular formula is C13H12Br3NOS. The van der Waals surface area contributed by atoms with Crippen molar-refractivity contribution in [2.45, 2.75) is 13.2 Å². The van der Waals surface area contributed by atoms with Crippen molar-refractivity contribution >= 4 is 64.8 Å². The van der Waals surface area contributed by atoms with E-state index in [1.54, 1.807) is 18.4 Å². The van der Waals surface area contributed by atoms with Crippen molar-refractivity contribution in [1.82, 2.24) is 0 Å². The third kappa shape index (κ3) is 4.04. The molecule has 1 heterocycles. The number of halogens is 3. The first kappa shape index (κ1) is 15.5. The number of thiophene rings is 1. The average molecular weight is 470 g/mol. The van der Waals surface area contributed by atoms with Crippen LogP contribution in [0.4, 0.5) is 5.69 Å². The Kier molecular flexibility index (Phi) is 5.89. The molecule has 0 aliphatic carbocycles. The molecule has 19 heavy (non-hydrogen) atoms. The van der Waals surface area contributed by atoms with Crippen LogP contribution in [-0.4, -0.2) is 7.11 Å². The number of hydrogen-bond acceptors (Lipinski definition) is 3. The quantitative estimate of drug-likeness (QED) is 0.598. The minimum absolute atomic E-state index is 0.585. The maximum Gasteiger partial charge on any atom is 0.0843 e. The maximum atomic E-state index is 5.24. The highest BCUT2D eigenvalue weighted by atomic mass is 79.9. The van der Waals surface area contributed by atoms with Crippen LogP contribution >= 0.6 is 59.1 Å². The minimum atomic E-state index is 0.585. The molecule has 0 aliphatic rings. The van der Waals surface area contributed by atoms with Crippen LogP contribution in [0, 0.1) is 0 Å². The van der Waals surface area contributed by atoms with Gasteiger partial charge >= 0.3 is 0 Å². The summed E-state index contributed by atoms with van der Waals surface area (Å²) in [6.07, 6.45) is 0. The minimum Gasteiger partial charge on any atom is -0.380 e. The lowest BCUT2D eigenvalue weighted by atomic mass is 10.2. The summed E-state index contributed by atoms with van der Waals surface area (Å²) in [5.74, 6) is 0. The number of rotatable bonds is 5. The fourth-order valence-corrected chi connectivity index (χ4v) is 4.27. The van der Waals surface area contributed by atoms with Crippen LogP contribution in [0.5, 0.6) is 0 Å². The molecule has 0 atom stereocenters. The van der Waals surface area contributed by atoms with E-state index in [1.807, 2.05) is 12.1 Å². The molecule has 0 radical (unpaired) electrons. The number of methoxy groups -OCH3 is 1. The lowest BCUT2D eigenvalue weighted by Crippen LogP contribution is -2.02. The molecule has 0 saturated carbocycles. The van der Waals surface area contributed by atoms with Crippen LogP contribution in [0.2, 0.25) is 0 Å². The van der Waals surface area contributed by atoms with Gasteiger partial charge in [0.05, 0.1) is 10.4 Å². The normalized spacial score (nSPS) is 10.7. The van der Waals surface area contributed by atoms with Gasteiger partial charge in [0, 0.05) is 38.7 Å². The number of nitrogens with one attached hydrogen (secondary N) is 1. The molecule has 6 heteroatoms. The van der Waals surface area contributed by atoms with Gasteiger partial charge in [-0.2, -0.15) is 0 Å². The average Bonchev–Trinajstić information content (AvgIpc) is 2.70. The fourth-order valence-electron chi connectivity index (χ4n) is 1.68. The van der Waals surface area contributed by atoms with Gasteiger partial charge in [-0.25, -0.2) is 0 Å². The van der Waals surface area contributed by atoms with Crippen LogP contribution in [0.25, 0.3) is 0 Å². The molecule has 0 fully saturated rings. The summed E-state index contributed by atoms with van der Waals surface area (Å²) >= 11 is 12.3. The molecule has 2 rings (SSSR count). The first-order valence-corrected chi connectivity index (χ1v) is 8.75. The van der Waals surface area contributed by atoms with Gasteiger partial charge in [-0.1, -0.05) is 22.0 Å². The van der Waals surface area contributed by atoms with Gasteiger partial charge in [-0.15, -0.1) is 11.3 Å². The third-order valence-electron chi connectivity index (χ3n) is 2.56. The molecule has 2 aromatic rings. The van der Waals surface area contributed by atoms with Crippen molar-refractivity contribution in [1.29, 1.82) is 0 Å². The fraction of sp³-hybridized carbons (Fsp3) is 0.231. The maximum absolute atomic E-state index is 5.24. The highest BCUT2D eigenvalue weighted by Crippen LogP contribution is 2.33. The van der Waals surface area contributed by atoms with E-state index in [1.165, 1.54) is 4.88 Å². The second-order valence-corrected chi connectivity index (χ2v) is 8.05. The molecule has 0 amide bonds. The lowest BCUT2D eigenvalue weighted by molar-refractivity contribution is 0.185. The third-order valence-corrected chi connectivity index (χ3v) is 6.56. The molecule has 0 aliphatic heterocycles. The Morgan fingerprint density at radius 3 is 2.63 bits per heavy atom. The van der Waals surface area contributed by atoms with E-state index in [0.29, 0.717) is 6.61 Å². The molecule has 1 N–H and O–H groups in total. The second kappa shape index (κ2) is 7.22. The van der Waals surface area contributed by atoms with Crippen molar-refractivity contribution in [2.24, 2.45) is 0 Å². The highest BCUT2D eigenvalue weighted by molar-refractivity contribution is 9.13. The first-order valence-electron chi connectivity index (χ1n) is 5.55. The van der Waals surface area contributed by atoms with Gasteiger partial charge in [-0.3, -0.25) is 0 Å². The Balaban J connectivity index is 2.12. The molecule has 0 spiro atoms. The Morgan fingerprint density at radius 2 is 2.00 bits per heavy atom. The van der Waals surface area contributed by atoms with Crippen molar-refractivity contribution < 1.29 is 4.74 Å². The Bertz CT molecular complexity index is 552. The van der Waals surface area contributed by atoms with E-state index in [-0.39, 0.29) is 0 Å². The van der Waals surface area contributed by atoms with E-state index in [0.717, 1.165) is 30.5 Å². The van der Waals surface area contributed by atoms with Crippen LogP contribution in [0.3, 0.4) is 0 Å². The van der Waals surface area contributed by atoms with E-state index >= 15 is 0 Å². The molecule has 0 saturated heterocycles. The molecule has 2 nitrogen and oxygen atoms in total. The SMILES string of the molecule is COCc1c(Br)cccc1NCc1cc(Br)c(Br)s1. The second-order valence-electron chi connectivity index (χ2n) is 3.89. The van der Waals surface area contributed by atoms with Gasteiger partial charge in [0.1, 0.15) is 0 Å². The molecule has 0 bridgehead atoms. The van der Waals surface area contributed by atoms with Crippen molar-refractivity contribution in [3.63, 3.8) is 0 Å². The number of ether oxygens (including phenoxy) is 1. The molecule has 0 unspecified atom stereocenters. The van der Waals surface area contributed by atoms with Gasteiger partial charge in [0.25, 0.3) is 0 Å². The van der Waals surface area contributed by atoms with Gasteiger partial charge in [0.15, 0.2) is 0 Å². The Morgan fingerprint density at radius 1 is 1.21 bits per heavy atom. The molecular weight excluding hydrogens is 458 g/mol. The topological polar surface area (TPSA) is 21.3 Å². The molecule has 1 aromatic carbocycles. The summed E-state index contributed by atoms with van der Waals surface area (Å²) in [5, 5.41) is 3.45. The summed E-state index contributed by atoms with van der Waals surface area (Å²) in [4.78, 5) is 1.27. The molecule has 102 valence electrons. The van der Waals surface area contributed by atoms with E-state index in [2.05, 4.69) is 65.2 Å². The molecule has 1 aromatic heterocycles. The summed E-state index contributed by atoms with van der Waals surface area (Å²) in [6, 6.07) is 8.23. The zero-order chi connectivity index (χ0) is 13.8. The van der Waals surface area contributed by atoms with Crippen molar-refractivity contribution in [3.05, 3.63) is 47.4 Å². The number of hydrogen-bond donors (Lipinski definition) is 1. The Hall–Kier alpha value is 0.120. The standard InChI is InChI=1S/C13H12Br3NOS/c1-18-7-9-10(14)3-2-4-12(9)17-6-8-5-11(15)13(16)19-8/h2-5,17H,6-7H2,1H3. The van der Waals surface area contributed by atoms with Crippen LogP contribution < -0.4 is 5.32 Å². The highest BCUT2D eigenvalue weighted by Gasteiger charge is 2.08. The summed E-state index contributed by atoms with van der Waals surface area (Å²) < 4.78 is 8.52. The predicted molar refractivity (Wildman–Crippen MR) is 91.9 cm³/mol. The Labute approximate surface area is 141 Å².